The van der Waals surface area contributed by atoms with Crippen LogP contribution in [0.1, 0.15) is 18.3 Å². The van der Waals surface area contributed by atoms with Gasteiger partial charge < -0.3 is 4.74 Å². The molecule has 0 saturated heterocycles. The Morgan fingerprint density at radius 2 is 2.06 bits per heavy atom. The van der Waals surface area contributed by atoms with Crippen LogP contribution >= 0.6 is 0 Å². The molecule has 0 aliphatic carbocycles. The summed E-state index contributed by atoms with van der Waals surface area (Å²) in [6.07, 6.45) is 1.61. The Morgan fingerprint density at radius 1 is 1.33 bits per heavy atom. The van der Waals surface area contributed by atoms with Crippen molar-refractivity contribution in [3.63, 3.8) is 0 Å². The minimum absolute atomic E-state index is 0.374. The van der Waals surface area contributed by atoms with Crippen LogP contribution in [0.2, 0.25) is 0 Å². The molecule has 0 amide bonds. The molecule has 96 valence electrons. The predicted molar refractivity (Wildman–Crippen MR) is 66.7 cm³/mol. The average Bonchev–Trinajstić information content (AvgIpc) is 2.75. The summed E-state index contributed by atoms with van der Waals surface area (Å²) >= 11 is 0. The Morgan fingerprint density at radius 3 is 2.61 bits per heavy atom. The molecule has 1 heterocycles. The Balaban J connectivity index is 1.93. The Kier molecular flexibility index (Phi) is 3.82. The maximum Gasteiger partial charge on any atom is 0.438 e. The third-order valence-electron chi connectivity index (χ3n) is 2.77. The Hall–Kier alpha value is -2.04. The van der Waals surface area contributed by atoms with Crippen molar-refractivity contribution in [2.45, 2.75) is 19.8 Å². The van der Waals surface area contributed by atoms with E-state index < -0.39 is 5.76 Å². The number of rotatable bonds is 5. The van der Waals surface area contributed by atoms with Crippen LogP contribution in [0.3, 0.4) is 0 Å². The molecule has 5 heteroatoms. The van der Waals surface area contributed by atoms with Gasteiger partial charge in [0.15, 0.2) is 5.82 Å². The van der Waals surface area contributed by atoms with Crippen LogP contribution in [0.5, 0.6) is 5.75 Å². The van der Waals surface area contributed by atoms with Gasteiger partial charge in [-0.1, -0.05) is 24.2 Å². The van der Waals surface area contributed by atoms with Gasteiger partial charge in [0.05, 0.1) is 7.11 Å². The SMILES string of the molecule is COc1ccc(CC(C)Cc2noc(=O)[nH]2)cc1. The second kappa shape index (κ2) is 5.53. The summed E-state index contributed by atoms with van der Waals surface area (Å²) in [5.74, 6) is 1.33. The van der Waals surface area contributed by atoms with E-state index in [1.165, 1.54) is 5.56 Å². The number of aromatic nitrogens is 2. The summed E-state index contributed by atoms with van der Waals surface area (Å²) in [4.78, 5) is 13.4. The summed E-state index contributed by atoms with van der Waals surface area (Å²) in [5.41, 5.74) is 1.23. The highest BCUT2D eigenvalue weighted by molar-refractivity contribution is 5.27. The molecule has 0 spiro atoms. The second-order valence-corrected chi connectivity index (χ2v) is 4.40. The molecular formula is C13H16N2O3. The standard InChI is InChI=1S/C13H16N2O3/c1-9(8-12-14-13(16)18-15-12)7-10-3-5-11(17-2)6-4-10/h3-6,9H,7-8H2,1-2H3,(H,14,15,16). The third-order valence-corrected chi connectivity index (χ3v) is 2.77. The highest BCUT2D eigenvalue weighted by Gasteiger charge is 2.09. The molecule has 1 aromatic carbocycles. The van der Waals surface area contributed by atoms with E-state index in [-0.39, 0.29) is 0 Å². The number of methoxy groups -OCH3 is 1. The summed E-state index contributed by atoms with van der Waals surface area (Å²) in [5, 5.41) is 3.66. The molecule has 1 N–H and O–H groups in total. The van der Waals surface area contributed by atoms with Gasteiger partial charge in [-0.2, -0.15) is 0 Å². The first-order valence-corrected chi connectivity index (χ1v) is 5.85. The van der Waals surface area contributed by atoms with Crippen LogP contribution in [-0.4, -0.2) is 17.3 Å². The monoisotopic (exact) mass is 248 g/mol. The molecule has 5 nitrogen and oxygen atoms in total. The van der Waals surface area contributed by atoms with Gasteiger partial charge in [0.25, 0.3) is 0 Å². The van der Waals surface area contributed by atoms with E-state index in [4.69, 9.17) is 4.74 Å². The minimum Gasteiger partial charge on any atom is -0.497 e. The summed E-state index contributed by atoms with van der Waals surface area (Å²) in [6, 6.07) is 7.97. The van der Waals surface area contributed by atoms with Gasteiger partial charge in [-0.3, -0.25) is 9.51 Å². The molecule has 0 radical (unpaired) electrons. The van der Waals surface area contributed by atoms with Crippen LogP contribution in [-0.2, 0) is 12.8 Å². The van der Waals surface area contributed by atoms with Gasteiger partial charge in [-0.05, 0) is 30.0 Å². The van der Waals surface area contributed by atoms with Crippen molar-refractivity contribution in [1.82, 2.24) is 10.1 Å². The molecule has 0 aliphatic rings. The van der Waals surface area contributed by atoms with Crippen molar-refractivity contribution in [2.24, 2.45) is 5.92 Å². The zero-order valence-electron chi connectivity index (χ0n) is 10.5. The maximum absolute atomic E-state index is 10.8. The number of H-pyrrole nitrogens is 1. The lowest BCUT2D eigenvalue weighted by Gasteiger charge is -2.09. The first-order valence-electron chi connectivity index (χ1n) is 5.85. The van der Waals surface area contributed by atoms with E-state index in [1.807, 2.05) is 24.3 Å². The lowest BCUT2D eigenvalue weighted by Crippen LogP contribution is -2.06. The molecule has 0 saturated carbocycles. The molecular weight excluding hydrogens is 232 g/mol. The quantitative estimate of drug-likeness (QED) is 0.876. The van der Waals surface area contributed by atoms with E-state index in [0.29, 0.717) is 18.2 Å². The Bertz CT molecular complexity index is 542. The lowest BCUT2D eigenvalue weighted by molar-refractivity contribution is 0.377. The number of aromatic amines is 1. The van der Waals surface area contributed by atoms with E-state index in [2.05, 4.69) is 21.6 Å². The summed E-state index contributed by atoms with van der Waals surface area (Å²) in [6.45, 7) is 2.11. The number of ether oxygens (including phenoxy) is 1. The molecule has 1 aromatic heterocycles. The highest BCUT2D eigenvalue weighted by atomic mass is 16.5. The number of hydrogen-bond donors (Lipinski definition) is 1. The van der Waals surface area contributed by atoms with Crippen LogP contribution in [0.25, 0.3) is 0 Å². The van der Waals surface area contributed by atoms with Crippen LogP contribution < -0.4 is 10.5 Å². The summed E-state index contributed by atoms with van der Waals surface area (Å²) < 4.78 is 9.58. The summed E-state index contributed by atoms with van der Waals surface area (Å²) in [7, 11) is 1.65. The fourth-order valence-corrected chi connectivity index (χ4v) is 1.91. The first kappa shape index (κ1) is 12.4. The molecule has 1 atom stereocenters. The van der Waals surface area contributed by atoms with Crippen LogP contribution in [0, 0.1) is 5.92 Å². The van der Waals surface area contributed by atoms with Crippen LogP contribution in [0.4, 0.5) is 0 Å². The predicted octanol–water partition coefficient (Wildman–Crippen LogP) is 1.79. The zero-order chi connectivity index (χ0) is 13.0. The van der Waals surface area contributed by atoms with Gasteiger partial charge in [-0.25, -0.2) is 4.79 Å². The largest absolute Gasteiger partial charge is 0.497 e. The van der Waals surface area contributed by atoms with Crippen molar-refractivity contribution >= 4 is 0 Å². The third kappa shape index (κ3) is 3.23. The van der Waals surface area contributed by atoms with Crippen molar-refractivity contribution in [3.05, 3.63) is 46.2 Å². The fraction of sp³-hybridized carbons (Fsp3) is 0.385. The van der Waals surface area contributed by atoms with Crippen molar-refractivity contribution in [1.29, 1.82) is 0 Å². The minimum atomic E-state index is -0.498. The number of benzene rings is 1. The number of nitrogens with zero attached hydrogens (tertiary/aromatic N) is 1. The first-order chi connectivity index (χ1) is 8.67. The Labute approximate surface area is 105 Å². The van der Waals surface area contributed by atoms with Crippen molar-refractivity contribution in [3.8, 4) is 5.75 Å². The smallest absolute Gasteiger partial charge is 0.438 e. The van der Waals surface area contributed by atoms with Gasteiger partial charge in [0, 0.05) is 6.42 Å². The van der Waals surface area contributed by atoms with E-state index in [9.17, 15) is 4.79 Å². The maximum atomic E-state index is 10.8. The fourth-order valence-electron chi connectivity index (χ4n) is 1.91. The van der Waals surface area contributed by atoms with Crippen molar-refractivity contribution in [2.75, 3.05) is 7.11 Å². The number of hydrogen-bond acceptors (Lipinski definition) is 4. The molecule has 0 fully saturated rings. The molecule has 0 bridgehead atoms. The van der Waals surface area contributed by atoms with Gasteiger partial charge in [-0.15, -0.1) is 0 Å². The normalized spacial score (nSPS) is 12.3. The van der Waals surface area contributed by atoms with E-state index in [0.717, 1.165) is 12.2 Å². The van der Waals surface area contributed by atoms with Gasteiger partial charge >= 0.3 is 5.76 Å². The van der Waals surface area contributed by atoms with Crippen LogP contribution in [0.15, 0.2) is 33.6 Å². The van der Waals surface area contributed by atoms with E-state index >= 15 is 0 Å². The van der Waals surface area contributed by atoms with Gasteiger partial charge in [0.1, 0.15) is 5.75 Å². The molecule has 18 heavy (non-hydrogen) atoms. The topological polar surface area (TPSA) is 68.1 Å². The van der Waals surface area contributed by atoms with E-state index in [1.54, 1.807) is 7.11 Å². The molecule has 0 aliphatic heterocycles. The highest BCUT2D eigenvalue weighted by Crippen LogP contribution is 2.16. The van der Waals surface area contributed by atoms with Gasteiger partial charge in [0.2, 0.25) is 0 Å². The second-order valence-electron chi connectivity index (χ2n) is 4.40. The molecule has 2 rings (SSSR count). The molecule has 2 aromatic rings. The number of nitrogens with one attached hydrogen (secondary N) is 1. The van der Waals surface area contributed by atoms with Crippen molar-refractivity contribution < 1.29 is 9.26 Å². The lowest BCUT2D eigenvalue weighted by atomic mass is 9.98. The zero-order valence-corrected chi connectivity index (χ0v) is 10.5. The average molecular weight is 248 g/mol. The molecule has 1 unspecified atom stereocenters.